The summed E-state index contributed by atoms with van der Waals surface area (Å²) in [5.41, 5.74) is 0.762. The fourth-order valence-electron chi connectivity index (χ4n) is 4.00. The Labute approximate surface area is 177 Å². The zero-order chi connectivity index (χ0) is 22.4. The third-order valence-electron chi connectivity index (χ3n) is 5.73. The standard InChI is InChI=1S/C20H20F3N3O4S/c21-20(22,23)16-3-4-24-18(12-16)25-5-7-26(8-6-25)31(29,30)17-2-1-13-9-15(19(27)28)10-14(13)11-17/h1-4,11-12,15H,5-10H2,(H,27,28). The zero-order valence-corrected chi connectivity index (χ0v) is 17.2. The number of anilines is 1. The molecule has 0 spiro atoms. The molecule has 0 amide bonds. The Hall–Kier alpha value is -2.66. The van der Waals surface area contributed by atoms with E-state index in [1.807, 2.05) is 0 Å². The summed E-state index contributed by atoms with van der Waals surface area (Å²) in [6.45, 7) is 0.628. The predicted molar refractivity (Wildman–Crippen MR) is 105 cm³/mol. The number of nitrogens with zero attached hydrogens (tertiary/aromatic N) is 3. The first-order valence-electron chi connectivity index (χ1n) is 9.68. The summed E-state index contributed by atoms with van der Waals surface area (Å²) in [7, 11) is -3.80. The Morgan fingerprint density at radius 3 is 2.35 bits per heavy atom. The molecule has 2 aromatic rings. The van der Waals surface area contributed by atoms with Gasteiger partial charge in [0.25, 0.3) is 0 Å². The molecule has 2 heterocycles. The van der Waals surface area contributed by atoms with Crippen molar-refractivity contribution < 1.29 is 31.5 Å². The number of rotatable bonds is 4. The van der Waals surface area contributed by atoms with E-state index in [4.69, 9.17) is 0 Å². The molecule has 0 radical (unpaired) electrons. The van der Waals surface area contributed by atoms with Crippen LogP contribution in [0.2, 0.25) is 0 Å². The van der Waals surface area contributed by atoms with E-state index in [2.05, 4.69) is 4.98 Å². The van der Waals surface area contributed by atoms with Crippen LogP contribution in [0.1, 0.15) is 16.7 Å². The molecule has 1 fully saturated rings. The lowest BCUT2D eigenvalue weighted by atomic mass is 10.1. The molecular formula is C20H20F3N3O4S. The molecule has 1 aliphatic heterocycles. The summed E-state index contributed by atoms with van der Waals surface area (Å²) >= 11 is 0. The van der Waals surface area contributed by atoms with Crippen LogP contribution in [0.15, 0.2) is 41.4 Å². The summed E-state index contributed by atoms with van der Waals surface area (Å²) < 4.78 is 66.2. The van der Waals surface area contributed by atoms with Gasteiger partial charge in [0.15, 0.2) is 0 Å². The first kappa shape index (κ1) is 21.6. The molecule has 0 saturated carbocycles. The van der Waals surface area contributed by atoms with E-state index in [0.717, 1.165) is 29.5 Å². The van der Waals surface area contributed by atoms with Gasteiger partial charge in [0.2, 0.25) is 10.0 Å². The summed E-state index contributed by atoms with van der Waals surface area (Å²) in [4.78, 5) is 16.9. The summed E-state index contributed by atoms with van der Waals surface area (Å²) in [5.74, 6) is -1.29. The maximum absolute atomic E-state index is 13.1. The number of benzene rings is 1. The highest BCUT2D eigenvalue weighted by atomic mass is 32.2. The monoisotopic (exact) mass is 455 g/mol. The number of aliphatic carboxylic acids is 1. The Morgan fingerprint density at radius 1 is 1.03 bits per heavy atom. The number of aromatic nitrogens is 1. The van der Waals surface area contributed by atoms with Crippen LogP contribution < -0.4 is 4.90 Å². The molecule has 11 heteroatoms. The van der Waals surface area contributed by atoms with Crippen LogP contribution in [0.3, 0.4) is 0 Å². The molecule has 7 nitrogen and oxygen atoms in total. The Bertz CT molecular complexity index is 1110. The van der Waals surface area contributed by atoms with Crippen LogP contribution >= 0.6 is 0 Å². The molecule has 0 bridgehead atoms. The largest absolute Gasteiger partial charge is 0.481 e. The van der Waals surface area contributed by atoms with Crippen molar-refractivity contribution in [2.45, 2.75) is 23.9 Å². The highest BCUT2D eigenvalue weighted by Crippen LogP contribution is 2.32. The van der Waals surface area contributed by atoms with E-state index in [1.165, 1.54) is 16.4 Å². The lowest BCUT2D eigenvalue weighted by Gasteiger charge is -2.34. The van der Waals surface area contributed by atoms with Gasteiger partial charge >= 0.3 is 12.1 Å². The quantitative estimate of drug-likeness (QED) is 0.762. The SMILES string of the molecule is O=C(O)C1Cc2ccc(S(=O)(=O)N3CCN(c4cc(C(F)(F)F)ccn4)CC3)cc2C1. The normalized spacial score (nSPS) is 20.0. The molecule has 1 unspecified atom stereocenters. The van der Waals surface area contributed by atoms with Crippen molar-refractivity contribution in [1.29, 1.82) is 0 Å². The number of fused-ring (bicyclic) bond motifs is 1. The van der Waals surface area contributed by atoms with Gasteiger partial charge in [0.1, 0.15) is 5.82 Å². The number of hydrogen-bond donors (Lipinski definition) is 1. The van der Waals surface area contributed by atoms with Crippen molar-refractivity contribution in [3.8, 4) is 0 Å². The first-order valence-corrected chi connectivity index (χ1v) is 11.1. The molecular weight excluding hydrogens is 435 g/mol. The molecule has 2 aliphatic rings. The number of alkyl halides is 3. The maximum atomic E-state index is 13.1. The fourth-order valence-corrected chi connectivity index (χ4v) is 5.48. The average Bonchev–Trinajstić information content (AvgIpc) is 3.17. The molecule has 31 heavy (non-hydrogen) atoms. The van der Waals surface area contributed by atoms with Crippen molar-refractivity contribution >= 4 is 21.8 Å². The van der Waals surface area contributed by atoms with Gasteiger partial charge < -0.3 is 10.0 Å². The van der Waals surface area contributed by atoms with Gasteiger partial charge in [-0.2, -0.15) is 17.5 Å². The van der Waals surface area contributed by atoms with E-state index in [-0.39, 0.29) is 36.9 Å². The first-order chi connectivity index (χ1) is 14.6. The minimum Gasteiger partial charge on any atom is -0.481 e. The lowest BCUT2D eigenvalue weighted by Crippen LogP contribution is -2.49. The van der Waals surface area contributed by atoms with Crippen molar-refractivity contribution in [2.24, 2.45) is 5.92 Å². The molecule has 4 rings (SSSR count). The fraction of sp³-hybridized carbons (Fsp3) is 0.400. The van der Waals surface area contributed by atoms with Crippen LogP contribution in [0.25, 0.3) is 0 Å². The number of sulfonamides is 1. The van der Waals surface area contributed by atoms with E-state index in [0.29, 0.717) is 12.8 Å². The third-order valence-corrected chi connectivity index (χ3v) is 7.63. The van der Waals surface area contributed by atoms with E-state index in [9.17, 15) is 31.5 Å². The lowest BCUT2D eigenvalue weighted by molar-refractivity contribution is -0.141. The summed E-state index contributed by atoms with van der Waals surface area (Å²) in [5, 5.41) is 9.20. The molecule has 1 saturated heterocycles. The predicted octanol–water partition coefficient (Wildman–Crippen LogP) is 2.41. The van der Waals surface area contributed by atoms with Gasteiger partial charge in [-0.25, -0.2) is 13.4 Å². The molecule has 166 valence electrons. The Kier molecular flexibility index (Phi) is 5.42. The van der Waals surface area contributed by atoms with E-state index in [1.54, 1.807) is 11.0 Å². The topological polar surface area (TPSA) is 90.8 Å². The average molecular weight is 455 g/mol. The van der Waals surface area contributed by atoms with Crippen LogP contribution in [-0.4, -0.2) is 55.0 Å². The number of halogens is 3. The number of hydrogen-bond acceptors (Lipinski definition) is 5. The van der Waals surface area contributed by atoms with Crippen LogP contribution in [0, 0.1) is 5.92 Å². The number of carboxylic acid groups (broad SMARTS) is 1. The highest BCUT2D eigenvalue weighted by molar-refractivity contribution is 7.89. The molecule has 1 N–H and O–H groups in total. The summed E-state index contributed by atoms with van der Waals surface area (Å²) in [6, 6.07) is 6.54. The van der Waals surface area contributed by atoms with Gasteiger partial charge in [0, 0.05) is 32.4 Å². The zero-order valence-electron chi connectivity index (χ0n) is 16.3. The number of carboxylic acids is 1. The van der Waals surface area contributed by atoms with Gasteiger partial charge in [0.05, 0.1) is 16.4 Å². The minimum absolute atomic E-state index is 0.0999. The van der Waals surface area contributed by atoms with Crippen molar-refractivity contribution in [3.05, 3.63) is 53.2 Å². The Balaban J connectivity index is 1.47. The molecule has 1 aliphatic carbocycles. The Morgan fingerprint density at radius 2 is 1.71 bits per heavy atom. The summed E-state index contributed by atoms with van der Waals surface area (Å²) in [6.07, 6.45) is -2.71. The maximum Gasteiger partial charge on any atom is 0.416 e. The van der Waals surface area contributed by atoms with E-state index >= 15 is 0 Å². The molecule has 1 aromatic carbocycles. The second-order valence-electron chi connectivity index (χ2n) is 7.67. The van der Waals surface area contributed by atoms with Gasteiger partial charge in [-0.1, -0.05) is 6.07 Å². The number of pyridine rings is 1. The van der Waals surface area contributed by atoms with Crippen molar-refractivity contribution in [3.63, 3.8) is 0 Å². The van der Waals surface area contributed by atoms with Crippen molar-refractivity contribution in [2.75, 3.05) is 31.1 Å². The van der Waals surface area contributed by atoms with Gasteiger partial charge in [-0.05, 0) is 48.2 Å². The van der Waals surface area contributed by atoms with Crippen molar-refractivity contribution in [1.82, 2.24) is 9.29 Å². The smallest absolute Gasteiger partial charge is 0.416 e. The van der Waals surface area contributed by atoms with E-state index < -0.39 is 33.7 Å². The van der Waals surface area contributed by atoms with Gasteiger partial charge in [-0.15, -0.1) is 0 Å². The second-order valence-corrected chi connectivity index (χ2v) is 9.60. The molecule has 1 atom stereocenters. The van der Waals surface area contributed by atoms with Crippen LogP contribution in [-0.2, 0) is 33.8 Å². The number of carbonyl (C=O) groups is 1. The van der Waals surface area contributed by atoms with Crippen LogP contribution in [0.4, 0.5) is 19.0 Å². The number of piperazine rings is 1. The van der Waals surface area contributed by atoms with Gasteiger partial charge in [-0.3, -0.25) is 4.79 Å². The minimum atomic E-state index is -4.48. The second kappa shape index (κ2) is 7.79. The highest BCUT2D eigenvalue weighted by Gasteiger charge is 2.34. The third kappa shape index (κ3) is 4.24. The van der Waals surface area contributed by atoms with Crippen LogP contribution in [0.5, 0.6) is 0 Å². The molecule has 1 aromatic heterocycles.